The van der Waals surface area contributed by atoms with E-state index in [1.54, 1.807) is 45.9 Å². The number of hydrogen-bond acceptors (Lipinski definition) is 5. The smallest absolute Gasteiger partial charge is 0.314 e. The third kappa shape index (κ3) is 6.84. The molecule has 0 heterocycles. The molecule has 2 N–H and O–H groups in total. The first-order valence-electron chi connectivity index (χ1n) is 8.30. The molecular weight excluding hydrogens is 358 g/mol. The normalized spacial score (nSPS) is 12.3. The van der Waals surface area contributed by atoms with E-state index in [1.807, 2.05) is 0 Å². The van der Waals surface area contributed by atoms with Crippen molar-refractivity contribution in [2.24, 2.45) is 11.0 Å². The maximum absolute atomic E-state index is 12.0. The van der Waals surface area contributed by atoms with Gasteiger partial charge in [-0.3, -0.25) is 14.4 Å². The molecule has 0 radical (unpaired) electrons. The van der Waals surface area contributed by atoms with Gasteiger partial charge in [-0.2, -0.15) is 5.10 Å². The highest BCUT2D eigenvalue weighted by Gasteiger charge is 2.17. The van der Waals surface area contributed by atoms with Gasteiger partial charge < -0.3 is 10.1 Å². The summed E-state index contributed by atoms with van der Waals surface area (Å²) in [4.78, 5) is 35.4. The fourth-order valence-electron chi connectivity index (χ4n) is 1.92. The van der Waals surface area contributed by atoms with Crippen molar-refractivity contribution in [3.05, 3.63) is 28.8 Å². The third-order valence-corrected chi connectivity index (χ3v) is 4.15. The summed E-state index contributed by atoms with van der Waals surface area (Å²) in [6.07, 6.45) is -0.0319. The highest BCUT2D eigenvalue weighted by molar-refractivity contribution is 6.31. The van der Waals surface area contributed by atoms with E-state index in [-0.39, 0.29) is 25.4 Å². The van der Waals surface area contributed by atoms with E-state index >= 15 is 0 Å². The Balaban J connectivity index is 2.46. The van der Waals surface area contributed by atoms with Crippen LogP contribution in [0, 0.1) is 12.8 Å². The molecule has 1 aromatic rings. The summed E-state index contributed by atoms with van der Waals surface area (Å²) in [7, 11) is 0. The second-order valence-corrected chi connectivity index (χ2v) is 6.13. The zero-order valence-electron chi connectivity index (χ0n) is 15.4. The molecule has 0 bridgehead atoms. The number of carbonyl (C=O) groups excluding carboxylic acids is 3. The van der Waals surface area contributed by atoms with E-state index in [0.29, 0.717) is 16.4 Å². The summed E-state index contributed by atoms with van der Waals surface area (Å²) in [5.41, 5.74) is 4.14. The maximum Gasteiger partial charge on any atom is 0.314 e. The van der Waals surface area contributed by atoms with Crippen molar-refractivity contribution in [3.8, 4) is 0 Å². The van der Waals surface area contributed by atoms with E-state index in [0.717, 1.165) is 5.56 Å². The average Bonchev–Trinajstić information content (AvgIpc) is 2.61. The van der Waals surface area contributed by atoms with Gasteiger partial charge in [-0.15, -0.1) is 0 Å². The molecule has 1 unspecified atom stereocenters. The molecule has 0 saturated carbocycles. The second-order valence-electron chi connectivity index (χ2n) is 5.72. The molecular formula is C18H24ClN3O4. The number of hydrazone groups is 1. The molecule has 8 heteroatoms. The lowest BCUT2D eigenvalue weighted by Gasteiger charge is -2.10. The van der Waals surface area contributed by atoms with Crippen molar-refractivity contribution >= 4 is 40.8 Å². The minimum absolute atomic E-state index is 0.000214. The number of carbonyl (C=O) groups is 3. The van der Waals surface area contributed by atoms with Gasteiger partial charge in [0.15, 0.2) is 0 Å². The number of nitrogens with zero attached hydrogens (tertiary/aromatic N) is 1. The molecule has 26 heavy (non-hydrogen) atoms. The van der Waals surface area contributed by atoms with Crippen LogP contribution in [0.4, 0.5) is 5.69 Å². The first-order chi connectivity index (χ1) is 12.3. The Labute approximate surface area is 158 Å². The Bertz CT molecular complexity index is 704. The Hall–Kier alpha value is -2.41. The molecule has 0 aliphatic heterocycles. The highest BCUT2D eigenvalue weighted by atomic mass is 35.5. The summed E-state index contributed by atoms with van der Waals surface area (Å²) >= 11 is 6.00. The van der Waals surface area contributed by atoms with Crippen molar-refractivity contribution in [1.82, 2.24) is 5.43 Å². The highest BCUT2D eigenvalue weighted by Crippen LogP contribution is 2.23. The summed E-state index contributed by atoms with van der Waals surface area (Å²) < 4.78 is 4.89. The lowest BCUT2D eigenvalue weighted by atomic mass is 10.1. The SMILES string of the molecule is CCOC(=O)C(C)/C(C)=N/NC(=O)CCC(=O)Nc1cccc(Cl)c1C. The van der Waals surface area contributed by atoms with Gasteiger partial charge >= 0.3 is 5.97 Å². The van der Waals surface area contributed by atoms with Crippen molar-refractivity contribution in [3.63, 3.8) is 0 Å². The fourth-order valence-corrected chi connectivity index (χ4v) is 2.10. The zero-order valence-corrected chi connectivity index (χ0v) is 16.1. The predicted molar refractivity (Wildman–Crippen MR) is 101 cm³/mol. The Morgan fingerprint density at radius 1 is 1.23 bits per heavy atom. The van der Waals surface area contributed by atoms with Crippen molar-refractivity contribution in [2.75, 3.05) is 11.9 Å². The molecule has 142 valence electrons. The van der Waals surface area contributed by atoms with E-state index in [2.05, 4.69) is 15.8 Å². The number of amides is 2. The lowest BCUT2D eigenvalue weighted by Crippen LogP contribution is -2.26. The number of benzene rings is 1. The molecule has 1 atom stereocenters. The summed E-state index contributed by atoms with van der Waals surface area (Å²) in [6, 6.07) is 5.21. The minimum Gasteiger partial charge on any atom is -0.465 e. The number of hydrogen-bond donors (Lipinski definition) is 2. The van der Waals surface area contributed by atoms with Crippen LogP contribution in [0.25, 0.3) is 0 Å². The fraction of sp³-hybridized carbons (Fsp3) is 0.444. The largest absolute Gasteiger partial charge is 0.465 e. The number of ether oxygens (including phenoxy) is 1. The van der Waals surface area contributed by atoms with Crippen LogP contribution in [0.1, 0.15) is 39.2 Å². The van der Waals surface area contributed by atoms with E-state index < -0.39 is 17.8 Å². The van der Waals surface area contributed by atoms with Crippen molar-refractivity contribution in [1.29, 1.82) is 0 Å². The maximum atomic E-state index is 12.0. The predicted octanol–water partition coefficient (Wildman–Crippen LogP) is 3.06. The minimum atomic E-state index is -0.552. The Kier molecular flexibility index (Phi) is 8.78. The van der Waals surface area contributed by atoms with Gasteiger partial charge in [0.05, 0.1) is 12.5 Å². The molecule has 2 amide bonds. The van der Waals surface area contributed by atoms with Crippen LogP contribution in [0.3, 0.4) is 0 Å². The molecule has 7 nitrogen and oxygen atoms in total. The van der Waals surface area contributed by atoms with E-state index in [4.69, 9.17) is 16.3 Å². The Morgan fingerprint density at radius 2 is 1.88 bits per heavy atom. The van der Waals surface area contributed by atoms with Crippen molar-refractivity contribution in [2.45, 2.75) is 40.5 Å². The zero-order chi connectivity index (χ0) is 19.7. The second kappa shape index (κ2) is 10.6. The van der Waals surface area contributed by atoms with Gasteiger partial charge in [0, 0.05) is 29.3 Å². The summed E-state index contributed by atoms with van der Waals surface area (Å²) in [6.45, 7) is 7.06. The van der Waals surface area contributed by atoms with Crippen LogP contribution < -0.4 is 10.7 Å². The van der Waals surface area contributed by atoms with Crippen LogP contribution in [-0.4, -0.2) is 30.1 Å². The number of halogens is 1. The molecule has 1 aromatic carbocycles. The first kappa shape index (κ1) is 21.6. The van der Waals surface area contributed by atoms with Gasteiger partial charge in [-0.1, -0.05) is 17.7 Å². The molecule has 1 rings (SSSR count). The standard InChI is InChI=1S/C18H24ClN3O4/c1-5-26-18(25)11(2)13(4)21-22-17(24)10-9-16(23)20-15-8-6-7-14(19)12(15)3/h6-8,11H,5,9-10H2,1-4H3,(H,20,23)(H,22,24)/b21-13+. The average molecular weight is 382 g/mol. The van der Waals surface area contributed by atoms with Gasteiger partial charge in [-0.25, -0.2) is 5.43 Å². The Morgan fingerprint density at radius 3 is 2.54 bits per heavy atom. The lowest BCUT2D eigenvalue weighted by molar-refractivity contribution is -0.145. The number of esters is 1. The van der Waals surface area contributed by atoms with Crippen LogP contribution in [0.2, 0.25) is 5.02 Å². The van der Waals surface area contributed by atoms with Crippen molar-refractivity contribution < 1.29 is 19.1 Å². The topological polar surface area (TPSA) is 96.9 Å². The molecule has 0 aromatic heterocycles. The summed E-state index contributed by atoms with van der Waals surface area (Å²) in [5.74, 6) is -1.67. The molecule has 0 spiro atoms. The monoisotopic (exact) mass is 381 g/mol. The molecule has 0 fully saturated rings. The van der Waals surface area contributed by atoms with Gasteiger partial charge in [0.2, 0.25) is 11.8 Å². The van der Waals surface area contributed by atoms with Crippen LogP contribution in [0.15, 0.2) is 23.3 Å². The molecule has 0 saturated heterocycles. The quantitative estimate of drug-likeness (QED) is 0.411. The first-order valence-corrected chi connectivity index (χ1v) is 8.68. The van der Waals surface area contributed by atoms with Crippen LogP contribution in [-0.2, 0) is 19.1 Å². The summed E-state index contributed by atoms with van der Waals surface area (Å²) in [5, 5.41) is 7.16. The molecule has 0 aliphatic rings. The van der Waals surface area contributed by atoms with Crippen LogP contribution in [0.5, 0.6) is 0 Å². The molecule has 0 aliphatic carbocycles. The van der Waals surface area contributed by atoms with Gasteiger partial charge in [0.25, 0.3) is 0 Å². The number of rotatable bonds is 8. The van der Waals surface area contributed by atoms with E-state index in [1.165, 1.54) is 0 Å². The van der Waals surface area contributed by atoms with Gasteiger partial charge in [-0.05, 0) is 45.4 Å². The number of nitrogens with one attached hydrogen (secondary N) is 2. The van der Waals surface area contributed by atoms with Crippen LogP contribution >= 0.6 is 11.6 Å². The number of anilines is 1. The van der Waals surface area contributed by atoms with Gasteiger partial charge in [0.1, 0.15) is 0 Å². The third-order valence-electron chi connectivity index (χ3n) is 3.74. The van der Waals surface area contributed by atoms with E-state index in [9.17, 15) is 14.4 Å².